The van der Waals surface area contributed by atoms with Crippen LogP contribution in [0.2, 0.25) is 5.02 Å². The molecule has 30 heavy (non-hydrogen) atoms. The zero-order valence-corrected chi connectivity index (χ0v) is 19.1. The van der Waals surface area contributed by atoms with E-state index in [9.17, 15) is 13.5 Å². The van der Waals surface area contributed by atoms with Crippen LogP contribution in [0.1, 0.15) is 50.8 Å². The Morgan fingerprint density at radius 2 is 1.77 bits per heavy atom. The summed E-state index contributed by atoms with van der Waals surface area (Å²) in [5.41, 5.74) is 2.66. The molecule has 0 aliphatic carbocycles. The first-order valence-corrected chi connectivity index (χ1v) is 11.3. The standard InChI is InChI=1S/C21H25ClN4O3S/c1-13-20(14(2)27)23-25-26(13)19-12-16(22)8-11-18(19)24-30(28,29)17-9-6-15(7-10-17)21(3,4)5/h6-12,14,24,27H,1-5H3. The first kappa shape index (κ1) is 22.3. The summed E-state index contributed by atoms with van der Waals surface area (Å²) in [6.45, 7) is 9.53. The van der Waals surface area contributed by atoms with Crippen LogP contribution in [0.25, 0.3) is 5.69 Å². The van der Waals surface area contributed by atoms with Crippen LogP contribution in [-0.4, -0.2) is 28.5 Å². The summed E-state index contributed by atoms with van der Waals surface area (Å²) in [7, 11) is -3.85. The van der Waals surface area contributed by atoms with Crippen molar-refractivity contribution in [3.05, 3.63) is 64.4 Å². The molecule has 2 aromatic carbocycles. The minimum absolute atomic E-state index is 0.0781. The SMILES string of the molecule is Cc1c(C(C)O)nnn1-c1cc(Cl)ccc1NS(=O)(=O)c1ccc(C(C)(C)C)cc1. The van der Waals surface area contributed by atoms with Gasteiger partial charge in [0.25, 0.3) is 10.0 Å². The van der Waals surface area contributed by atoms with Crippen LogP contribution < -0.4 is 4.72 Å². The number of nitrogens with zero attached hydrogens (tertiary/aromatic N) is 3. The third kappa shape index (κ3) is 4.50. The largest absolute Gasteiger partial charge is 0.387 e. The van der Waals surface area contributed by atoms with Gasteiger partial charge in [0, 0.05) is 5.02 Å². The van der Waals surface area contributed by atoms with E-state index in [0.717, 1.165) is 5.56 Å². The number of anilines is 1. The zero-order valence-electron chi connectivity index (χ0n) is 17.5. The molecule has 0 saturated heterocycles. The molecule has 160 valence electrons. The van der Waals surface area contributed by atoms with Gasteiger partial charge in [0.15, 0.2) is 0 Å². The van der Waals surface area contributed by atoms with Gasteiger partial charge in [-0.1, -0.05) is 49.7 Å². The van der Waals surface area contributed by atoms with Gasteiger partial charge in [0.1, 0.15) is 5.69 Å². The topological polar surface area (TPSA) is 97.1 Å². The Balaban J connectivity index is 2.01. The van der Waals surface area contributed by atoms with Crippen molar-refractivity contribution in [2.45, 2.75) is 51.0 Å². The Bertz CT molecular complexity index is 1160. The van der Waals surface area contributed by atoms with Crippen molar-refractivity contribution >= 4 is 27.3 Å². The molecule has 9 heteroatoms. The van der Waals surface area contributed by atoms with Crippen LogP contribution in [0, 0.1) is 6.92 Å². The van der Waals surface area contributed by atoms with Crippen LogP contribution in [0.4, 0.5) is 5.69 Å². The van der Waals surface area contributed by atoms with Gasteiger partial charge >= 0.3 is 0 Å². The molecule has 0 radical (unpaired) electrons. The highest BCUT2D eigenvalue weighted by molar-refractivity contribution is 7.92. The van der Waals surface area contributed by atoms with Crippen molar-refractivity contribution < 1.29 is 13.5 Å². The van der Waals surface area contributed by atoms with Crippen LogP contribution in [0.15, 0.2) is 47.4 Å². The normalized spacial score (nSPS) is 13.3. The van der Waals surface area contributed by atoms with Gasteiger partial charge < -0.3 is 5.11 Å². The van der Waals surface area contributed by atoms with E-state index in [4.69, 9.17) is 11.6 Å². The number of hydrogen-bond acceptors (Lipinski definition) is 5. The minimum atomic E-state index is -3.85. The van der Waals surface area contributed by atoms with E-state index in [1.807, 2.05) is 12.1 Å². The summed E-state index contributed by atoms with van der Waals surface area (Å²) in [4.78, 5) is 0.149. The summed E-state index contributed by atoms with van der Waals surface area (Å²) in [6.07, 6.45) is -0.806. The molecule has 1 aromatic heterocycles. The zero-order chi connectivity index (χ0) is 22.3. The maximum Gasteiger partial charge on any atom is 0.261 e. The van der Waals surface area contributed by atoms with E-state index in [1.54, 1.807) is 44.2 Å². The molecule has 3 aromatic rings. The Hall–Kier alpha value is -2.42. The molecule has 0 saturated carbocycles. The van der Waals surface area contributed by atoms with E-state index in [-0.39, 0.29) is 10.3 Å². The Labute approximate surface area is 181 Å². The van der Waals surface area contributed by atoms with Crippen molar-refractivity contribution in [1.82, 2.24) is 15.0 Å². The van der Waals surface area contributed by atoms with Crippen LogP contribution in [-0.2, 0) is 15.4 Å². The number of sulfonamides is 1. The monoisotopic (exact) mass is 448 g/mol. The van der Waals surface area contributed by atoms with Crippen molar-refractivity contribution in [2.75, 3.05) is 4.72 Å². The fourth-order valence-electron chi connectivity index (χ4n) is 3.06. The fraction of sp³-hybridized carbons (Fsp3) is 0.333. The van der Waals surface area contributed by atoms with E-state index >= 15 is 0 Å². The van der Waals surface area contributed by atoms with Crippen LogP contribution in [0.3, 0.4) is 0 Å². The molecular formula is C21H25ClN4O3S. The van der Waals surface area contributed by atoms with Gasteiger partial charge in [-0.3, -0.25) is 4.72 Å². The van der Waals surface area contributed by atoms with Gasteiger partial charge in [-0.25, -0.2) is 13.1 Å². The van der Waals surface area contributed by atoms with Crippen LogP contribution >= 0.6 is 11.6 Å². The summed E-state index contributed by atoms with van der Waals surface area (Å²) in [6, 6.07) is 11.6. The highest BCUT2D eigenvalue weighted by Gasteiger charge is 2.21. The smallest absolute Gasteiger partial charge is 0.261 e. The number of nitrogens with one attached hydrogen (secondary N) is 1. The Kier molecular flexibility index (Phi) is 5.95. The van der Waals surface area contributed by atoms with Crippen molar-refractivity contribution in [3.8, 4) is 5.69 Å². The first-order valence-electron chi connectivity index (χ1n) is 9.44. The molecule has 1 heterocycles. The molecular weight excluding hydrogens is 424 g/mol. The predicted molar refractivity (Wildman–Crippen MR) is 118 cm³/mol. The second-order valence-electron chi connectivity index (χ2n) is 8.19. The lowest BCUT2D eigenvalue weighted by Gasteiger charge is -2.19. The molecule has 2 N–H and O–H groups in total. The third-order valence-electron chi connectivity index (χ3n) is 4.79. The predicted octanol–water partition coefficient (Wildman–Crippen LogP) is 4.38. The Morgan fingerprint density at radius 1 is 1.13 bits per heavy atom. The summed E-state index contributed by atoms with van der Waals surface area (Å²) >= 11 is 6.15. The Morgan fingerprint density at radius 3 is 2.30 bits per heavy atom. The lowest BCUT2D eigenvalue weighted by Crippen LogP contribution is -2.16. The molecule has 3 rings (SSSR count). The van der Waals surface area contributed by atoms with Crippen LogP contribution in [0.5, 0.6) is 0 Å². The highest BCUT2D eigenvalue weighted by atomic mass is 35.5. The first-order chi connectivity index (χ1) is 13.9. The van der Waals surface area contributed by atoms with Crippen molar-refractivity contribution in [2.24, 2.45) is 0 Å². The summed E-state index contributed by atoms with van der Waals surface area (Å²) in [5.74, 6) is 0. The number of aliphatic hydroxyl groups is 1. The molecule has 7 nitrogen and oxygen atoms in total. The number of aromatic nitrogens is 3. The van der Waals surface area contributed by atoms with E-state index in [2.05, 4.69) is 35.8 Å². The van der Waals surface area contributed by atoms with Crippen molar-refractivity contribution in [3.63, 3.8) is 0 Å². The number of rotatable bonds is 5. The molecule has 0 aliphatic rings. The highest BCUT2D eigenvalue weighted by Crippen LogP contribution is 2.29. The van der Waals surface area contributed by atoms with Gasteiger partial charge in [-0.2, -0.15) is 0 Å². The van der Waals surface area contributed by atoms with E-state index in [1.165, 1.54) is 4.68 Å². The van der Waals surface area contributed by atoms with Gasteiger partial charge in [0.05, 0.1) is 28.1 Å². The number of halogens is 1. The molecule has 0 spiro atoms. The quantitative estimate of drug-likeness (QED) is 0.603. The maximum absolute atomic E-state index is 13.0. The number of aliphatic hydroxyl groups excluding tert-OH is 1. The molecule has 1 unspecified atom stereocenters. The molecule has 0 bridgehead atoms. The molecule has 1 atom stereocenters. The third-order valence-corrected chi connectivity index (χ3v) is 6.41. The van der Waals surface area contributed by atoms with E-state index in [0.29, 0.717) is 27.8 Å². The molecule has 0 amide bonds. The van der Waals surface area contributed by atoms with E-state index < -0.39 is 16.1 Å². The minimum Gasteiger partial charge on any atom is -0.387 e. The second-order valence-corrected chi connectivity index (χ2v) is 10.3. The average molecular weight is 449 g/mol. The average Bonchev–Trinajstić information content (AvgIpc) is 3.04. The molecule has 0 fully saturated rings. The maximum atomic E-state index is 13.0. The van der Waals surface area contributed by atoms with Gasteiger partial charge in [0.2, 0.25) is 0 Å². The van der Waals surface area contributed by atoms with Crippen molar-refractivity contribution in [1.29, 1.82) is 0 Å². The number of benzene rings is 2. The summed E-state index contributed by atoms with van der Waals surface area (Å²) in [5, 5.41) is 18.3. The lowest BCUT2D eigenvalue weighted by molar-refractivity contribution is 0.193. The second kappa shape index (κ2) is 8.02. The summed E-state index contributed by atoms with van der Waals surface area (Å²) < 4.78 is 30.1. The van der Waals surface area contributed by atoms with Gasteiger partial charge in [-0.15, -0.1) is 5.10 Å². The van der Waals surface area contributed by atoms with Gasteiger partial charge in [-0.05, 0) is 55.2 Å². The molecule has 0 aliphatic heterocycles. The fourth-order valence-corrected chi connectivity index (χ4v) is 4.30. The number of hydrogen-bond donors (Lipinski definition) is 2. The lowest BCUT2D eigenvalue weighted by atomic mass is 9.87.